The molecule has 80 valence electrons. The molecule has 1 aromatic rings. The van der Waals surface area contributed by atoms with Gasteiger partial charge in [-0.3, -0.25) is 4.79 Å². The van der Waals surface area contributed by atoms with Crippen LogP contribution in [0.3, 0.4) is 0 Å². The second-order valence-corrected chi connectivity index (χ2v) is 4.13. The van der Waals surface area contributed by atoms with Crippen molar-refractivity contribution in [2.75, 3.05) is 17.2 Å². The number of anilines is 2. The normalized spacial score (nSPS) is 21.1. The molecule has 1 fully saturated rings. The number of alkyl halides is 1. The lowest BCUT2D eigenvalue weighted by Crippen LogP contribution is -2.25. The van der Waals surface area contributed by atoms with Crippen molar-refractivity contribution in [3.05, 3.63) is 24.0 Å². The molecule has 1 atom stereocenters. The van der Waals surface area contributed by atoms with Gasteiger partial charge < -0.3 is 10.6 Å². The Morgan fingerprint density at radius 1 is 1.53 bits per heavy atom. The van der Waals surface area contributed by atoms with E-state index in [4.69, 9.17) is 17.3 Å². The number of hydrogen-bond donors (Lipinski definition) is 1. The highest BCUT2D eigenvalue weighted by Gasteiger charge is 2.30. The van der Waals surface area contributed by atoms with Gasteiger partial charge in [0.05, 0.1) is 16.8 Å². The first-order valence-corrected chi connectivity index (χ1v) is 5.01. The number of carbonyl (C=O) groups is 1. The summed E-state index contributed by atoms with van der Waals surface area (Å²) in [5, 5.41) is -0.193. The van der Waals surface area contributed by atoms with Gasteiger partial charge in [0.1, 0.15) is 5.82 Å². The van der Waals surface area contributed by atoms with Gasteiger partial charge >= 0.3 is 0 Å². The number of amides is 1. The van der Waals surface area contributed by atoms with Gasteiger partial charge in [-0.25, -0.2) is 4.39 Å². The van der Waals surface area contributed by atoms with E-state index in [1.165, 1.54) is 23.1 Å². The molecule has 1 aliphatic rings. The zero-order chi connectivity index (χ0) is 11.0. The van der Waals surface area contributed by atoms with Gasteiger partial charge in [0.2, 0.25) is 5.91 Å². The smallest absolute Gasteiger partial charge is 0.228 e. The monoisotopic (exact) mass is 228 g/mol. The molecule has 2 rings (SSSR count). The maximum absolute atomic E-state index is 12.8. The van der Waals surface area contributed by atoms with Gasteiger partial charge in [-0.15, -0.1) is 11.6 Å². The maximum atomic E-state index is 12.8. The van der Waals surface area contributed by atoms with Gasteiger partial charge in [0, 0.05) is 13.0 Å². The predicted molar refractivity (Wildman–Crippen MR) is 57.4 cm³/mol. The highest BCUT2D eigenvalue weighted by atomic mass is 35.5. The van der Waals surface area contributed by atoms with Crippen molar-refractivity contribution in [1.82, 2.24) is 0 Å². The molecule has 1 heterocycles. The van der Waals surface area contributed by atoms with Crippen molar-refractivity contribution in [1.29, 1.82) is 0 Å². The van der Waals surface area contributed by atoms with Crippen molar-refractivity contribution in [2.45, 2.75) is 11.8 Å². The molecule has 1 unspecified atom stereocenters. The van der Waals surface area contributed by atoms with Crippen molar-refractivity contribution in [2.24, 2.45) is 0 Å². The Morgan fingerprint density at radius 3 is 2.80 bits per heavy atom. The van der Waals surface area contributed by atoms with Crippen LogP contribution in [0.25, 0.3) is 0 Å². The Morgan fingerprint density at radius 2 is 2.27 bits per heavy atom. The zero-order valence-electron chi connectivity index (χ0n) is 7.91. The topological polar surface area (TPSA) is 46.3 Å². The number of hydrogen-bond acceptors (Lipinski definition) is 2. The molecule has 5 heteroatoms. The number of nitrogen functional groups attached to an aromatic ring is 1. The fraction of sp³-hybridized carbons (Fsp3) is 0.300. The van der Waals surface area contributed by atoms with Crippen LogP contribution in [-0.2, 0) is 4.79 Å². The third-order valence-electron chi connectivity index (χ3n) is 2.36. The lowest BCUT2D eigenvalue weighted by atomic mass is 10.2. The molecular weight excluding hydrogens is 219 g/mol. The van der Waals surface area contributed by atoms with Gasteiger partial charge in [-0.1, -0.05) is 0 Å². The van der Waals surface area contributed by atoms with Crippen LogP contribution in [-0.4, -0.2) is 17.8 Å². The Balaban J connectivity index is 2.34. The Hall–Kier alpha value is -1.29. The SMILES string of the molecule is Nc1cc(F)ccc1N1CC(Cl)CC1=O. The summed E-state index contributed by atoms with van der Waals surface area (Å²) < 4.78 is 12.8. The highest BCUT2D eigenvalue weighted by molar-refractivity contribution is 6.24. The third-order valence-corrected chi connectivity index (χ3v) is 2.65. The van der Waals surface area contributed by atoms with Gasteiger partial charge in [0.25, 0.3) is 0 Å². The van der Waals surface area contributed by atoms with Crippen molar-refractivity contribution in [3.63, 3.8) is 0 Å². The second kappa shape index (κ2) is 3.70. The average Bonchev–Trinajstić information content (AvgIpc) is 2.45. The first-order chi connectivity index (χ1) is 7.08. The summed E-state index contributed by atoms with van der Waals surface area (Å²) in [5.74, 6) is -0.487. The summed E-state index contributed by atoms with van der Waals surface area (Å²) in [5.41, 5.74) is 6.42. The van der Waals surface area contributed by atoms with E-state index in [0.717, 1.165) is 0 Å². The molecule has 3 nitrogen and oxygen atoms in total. The lowest BCUT2D eigenvalue weighted by molar-refractivity contribution is -0.117. The molecular formula is C10H10ClFN2O. The van der Waals surface area contributed by atoms with E-state index in [0.29, 0.717) is 18.7 Å². The third kappa shape index (κ3) is 1.90. The van der Waals surface area contributed by atoms with Crippen molar-refractivity contribution >= 4 is 28.9 Å². The summed E-state index contributed by atoms with van der Waals surface area (Å²) in [6.45, 7) is 0.427. The molecule has 1 saturated heterocycles. The van der Waals surface area contributed by atoms with Crippen LogP contribution in [0, 0.1) is 5.82 Å². The Labute approximate surface area is 91.6 Å². The molecule has 2 N–H and O–H groups in total. The van der Waals surface area contributed by atoms with E-state index in [1.807, 2.05) is 0 Å². The summed E-state index contributed by atoms with van der Waals surface area (Å²) in [6.07, 6.45) is 0.304. The highest BCUT2D eigenvalue weighted by Crippen LogP contribution is 2.29. The van der Waals surface area contributed by atoms with Crippen molar-refractivity contribution < 1.29 is 9.18 Å². The number of carbonyl (C=O) groups excluding carboxylic acids is 1. The lowest BCUT2D eigenvalue weighted by Gasteiger charge is -2.17. The predicted octanol–water partition coefficient (Wildman–Crippen LogP) is 1.75. The van der Waals surface area contributed by atoms with Crippen LogP contribution in [0.15, 0.2) is 18.2 Å². The molecule has 0 saturated carbocycles. The van der Waals surface area contributed by atoms with Crippen LogP contribution >= 0.6 is 11.6 Å². The van der Waals surface area contributed by atoms with Crippen LogP contribution in [0.2, 0.25) is 0 Å². The summed E-state index contributed by atoms with van der Waals surface area (Å²) in [7, 11) is 0. The van der Waals surface area contributed by atoms with Gasteiger partial charge in [-0.05, 0) is 18.2 Å². The van der Waals surface area contributed by atoms with Crippen molar-refractivity contribution in [3.8, 4) is 0 Å². The Kier molecular flexibility index (Phi) is 2.52. The summed E-state index contributed by atoms with van der Waals surface area (Å²) in [4.78, 5) is 13.0. The first-order valence-electron chi connectivity index (χ1n) is 4.57. The van der Waals surface area contributed by atoms with E-state index in [2.05, 4.69) is 0 Å². The average molecular weight is 229 g/mol. The van der Waals surface area contributed by atoms with Crippen LogP contribution in [0.4, 0.5) is 15.8 Å². The number of benzene rings is 1. The largest absolute Gasteiger partial charge is 0.397 e. The molecule has 0 radical (unpaired) electrons. The number of nitrogens with two attached hydrogens (primary N) is 1. The van der Waals surface area contributed by atoms with E-state index < -0.39 is 5.82 Å². The fourth-order valence-electron chi connectivity index (χ4n) is 1.67. The first kappa shape index (κ1) is 10.2. The fourth-order valence-corrected chi connectivity index (χ4v) is 1.94. The molecule has 1 aromatic carbocycles. The zero-order valence-corrected chi connectivity index (χ0v) is 8.67. The van der Waals surface area contributed by atoms with E-state index in [1.54, 1.807) is 0 Å². The summed E-state index contributed by atoms with van der Waals surface area (Å²) >= 11 is 5.86. The standard InChI is InChI=1S/C10H10ClFN2O/c11-6-3-10(15)14(5-6)9-2-1-7(12)4-8(9)13/h1-2,4,6H,3,5,13H2. The minimum atomic E-state index is -0.412. The quantitative estimate of drug-likeness (QED) is 0.588. The molecule has 0 aliphatic carbocycles. The maximum Gasteiger partial charge on any atom is 0.228 e. The van der Waals surface area contributed by atoms with Crippen LogP contribution < -0.4 is 10.6 Å². The van der Waals surface area contributed by atoms with Gasteiger partial charge in [-0.2, -0.15) is 0 Å². The summed E-state index contributed by atoms with van der Waals surface area (Å²) in [6, 6.07) is 3.97. The number of halogens is 2. The van der Waals surface area contributed by atoms with E-state index >= 15 is 0 Å². The van der Waals surface area contributed by atoms with E-state index in [-0.39, 0.29) is 17.0 Å². The second-order valence-electron chi connectivity index (χ2n) is 3.51. The number of rotatable bonds is 1. The Bertz CT molecular complexity index is 410. The molecule has 0 bridgehead atoms. The molecule has 0 aromatic heterocycles. The van der Waals surface area contributed by atoms with Gasteiger partial charge in [0.15, 0.2) is 0 Å². The minimum absolute atomic E-state index is 0.0756. The van der Waals surface area contributed by atoms with Crippen LogP contribution in [0.5, 0.6) is 0 Å². The van der Waals surface area contributed by atoms with E-state index in [9.17, 15) is 9.18 Å². The molecule has 15 heavy (non-hydrogen) atoms. The molecule has 1 aliphatic heterocycles. The minimum Gasteiger partial charge on any atom is -0.397 e. The number of nitrogens with zero attached hydrogens (tertiary/aromatic N) is 1. The van der Waals surface area contributed by atoms with Crippen LogP contribution in [0.1, 0.15) is 6.42 Å². The molecule has 0 spiro atoms. The molecule has 1 amide bonds.